The van der Waals surface area contributed by atoms with Crippen LogP contribution in [0, 0.1) is 24.5 Å². The molecular weight excluding hydrogens is 520 g/mol. The number of halogens is 3. The predicted octanol–water partition coefficient (Wildman–Crippen LogP) is 4.35. The van der Waals surface area contributed by atoms with Crippen LogP contribution < -0.4 is 10.7 Å². The van der Waals surface area contributed by atoms with E-state index in [1.54, 1.807) is 12.0 Å². The molecule has 1 atom stereocenters. The van der Waals surface area contributed by atoms with E-state index in [1.165, 1.54) is 10.8 Å². The Kier molecular flexibility index (Phi) is 13.5. The van der Waals surface area contributed by atoms with Crippen molar-refractivity contribution in [1.29, 1.82) is 0 Å². The molecule has 4 rings (SSSR count). The summed E-state index contributed by atoms with van der Waals surface area (Å²) in [5.41, 5.74) is -1.56. The Bertz CT molecular complexity index is 1200. The summed E-state index contributed by atoms with van der Waals surface area (Å²) in [5.74, 6) is -4.01. The quantitative estimate of drug-likeness (QED) is 0.433. The Morgan fingerprint density at radius 2 is 1.87 bits per heavy atom. The number of benzene rings is 1. The number of ether oxygens (including phenoxy) is 1. The number of aromatic nitrogens is 1. The molecule has 0 bridgehead atoms. The number of pyridine rings is 1. The minimum absolute atomic E-state index is 0.0629. The SMILES string of the molecule is C#C.CC.CCOC.O=C(NCc1ccc(F)c(Cl)c1F)c1cn2c(c(O)c1=O)C(=O)N1CCCC[C@H]1C2. The maximum atomic E-state index is 14.0. The van der Waals surface area contributed by atoms with Gasteiger partial charge in [-0.05, 0) is 32.3 Å². The largest absolute Gasteiger partial charge is 0.503 e. The summed E-state index contributed by atoms with van der Waals surface area (Å²) in [4.78, 5) is 39.5. The Labute approximate surface area is 226 Å². The second-order valence-corrected chi connectivity index (χ2v) is 8.34. The molecule has 0 radical (unpaired) electrons. The van der Waals surface area contributed by atoms with Crippen LogP contribution >= 0.6 is 11.6 Å². The Morgan fingerprint density at radius 1 is 1.24 bits per heavy atom. The standard InChI is InChI=1S/C20H18ClF2N3O4.C3H8O.C2H6.C2H2/c21-14-13(22)5-4-10(15(14)23)7-24-19(29)12-9-25-8-11-3-1-2-6-26(11)20(30)16(25)18(28)17(12)27;1-3-4-2;2*1-2/h4-5,9,11,28H,1-3,6-8H2,(H,24,29);3H2,1-2H3;1-2H3;1-2H/t11-;;;/m0.../s1. The van der Waals surface area contributed by atoms with Gasteiger partial charge in [-0.3, -0.25) is 14.4 Å². The lowest BCUT2D eigenvalue weighted by Gasteiger charge is -2.40. The van der Waals surface area contributed by atoms with Gasteiger partial charge in [-0.1, -0.05) is 31.5 Å². The molecule has 2 N–H and O–H groups in total. The van der Waals surface area contributed by atoms with E-state index >= 15 is 0 Å². The van der Waals surface area contributed by atoms with Crippen LogP contribution in [0.2, 0.25) is 5.02 Å². The van der Waals surface area contributed by atoms with E-state index < -0.39 is 39.6 Å². The molecule has 2 aliphatic rings. The van der Waals surface area contributed by atoms with Crippen LogP contribution in [0.4, 0.5) is 8.78 Å². The Balaban J connectivity index is 0.000000811. The summed E-state index contributed by atoms with van der Waals surface area (Å²) in [5, 5.41) is 12.0. The van der Waals surface area contributed by atoms with Crippen molar-refractivity contribution in [2.75, 3.05) is 20.3 Å². The van der Waals surface area contributed by atoms with Gasteiger partial charge >= 0.3 is 0 Å². The zero-order valence-corrected chi connectivity index (χ0v) is 22.8. The maximum absolute atomic E-state index is 14.0. The fraction of sp³-hybridized carbons (Fsp3) is 0.444. The summed E-state index contributed by atoms with van der Waals surface area (Å²) >= 11 is 5.53. The number of carbonyl (C=O) groups is 2. The molecule has 0 saturated carbocycles. The number of hydrogen-bond donors (Lipinski definition) is 2. The second kappa shape index (κ2) is 15.7. The lowest BCUT2D eigenvalue weighted by molar-refractivity contribution is 0.0504. The molecule has 2 amide bonds. The van der Waals surface area contributed by atoms with Crippen molar-refractivity contribution in [2.45, 2.75) is 59.2 Å². The van der Waals surface area contributed by atoms with E-state index in [0.29, 0.717) is 13.1 Å². The first kappa shape index (κ1) is 32.6. The van der Waals surface area contributed by atoms with Crippen molar-refractivity contribution in [2.24, 2.45) is 0 Å². The van der Waals surface area contributed by atoms with Crippen molar-refractivity contribution in [3.05, 3.63) is 62.0 Å². The second-order valence-electron chi connectivity index (χ2n) is 7.96. The Morgan fingerprint density at radius 3 is 2.47 bits per heavy atom. The first-order valence-electron chi connectivity index (χ1n) is 12.2. The summed E-state index contributed by atoms with van der Waals surface area (Å²) < 4.78 is 33.3. The number of nitrogens with one attached hydrogen (secondary N) is 1. The third kappa shape index (κ3) is 7.33. The molecule has 11 heteroatoms. The highest BCUT2D eigenvalue weighted by atomic mass is 35.5. The molecule has 8 nitrogen and oxygen atoms in total. The summed E-state index contributed by atoms with van der Waals surface area (Å²) in [6.45, 7) is 7.35. The van der Waals surface area contributed by atoms with Crippen LogP contribution in [-0.4, -0.2) is 52.7 Å². The molecule has 208 valence electrons. The maximum Gasteiger partial charge on any atom is 0.274 e. The van der Waals surface area contributed by atoms with Gasteiger partial charge in [0.15, 0.2) is 11.4 Å². The molecule has 1 fully saturated rings. The monoisotopic (exact) mass is 553 g/mol. The smallest absolute Gasteiger partial charge is 0.274 e. The van der Waals surface area contributed by atoms with Gasteiger partial charge in [0.2, 0.25) is 5.43 Å². The number of methoxy groups -OCH3 is 1. The third-order valence-electron chi connectivity index (χ3n) is 5.84. The van der Waals surface area contributed by atoms with Gasteiger partial charge in [-0.15, -0.1) is 12.8 Å². The molecule has 1 saturated heterocycles. The van der Waals surface area contributed by atoms with Crippen LogP contribution in [0.5, 0.6) is 5.75 Å². The van der Waals surface area contributed by atoms with Crippen molar-refractivity contribution >= 4 is 23.4 Å². The first-order chi connectivity index (χ1) is 18.2. The van der Waals surface area contributed by atoms with Gasteiger partial charge in [0.1, 0.15) is 22.2 Å². The lowest BCUT2D eigenvalue weighted by atomic mass is 9.98. The van der Waals surface area contributed by atoms with Gasteiger partial charge in [-0.25, -0.2) is 8.78 Å². The minimum atomic E-state index is -1.01. The number of hydrogen-bond acceptors (Lipinski definition) is 5. The van der Waals surface area contributed by atoms with Crippen LogP contribution in [0.1, 0.15) is 66.4 Å². The fourth-order valence-electron chi connectivity index (χ4n) is 3.97. The van der Waals surface area contributed by atoms with Gasteiger partial charge in [-0.2, -0.15) is 0 Å². The normalized spacial score (nSPS) is 15.2. The van der Waals surface area contributed by atoms with Gasteiger partial charge in [0, 0.05) is 51.2 Å². The number of piperidine rings is 1. The summed E-state index contributed by atoms with van der Waals surface area (Å²) in [6.07, 6.45) is 11.9. The van der Waals surface area contributed by atoms with Crippen LogP contribution in [0.25, 0.3) is 0 Å². The number of fused-ring (bicyclic) bond motifs is 2. The summed E-state index contributed by atoms with van der Waals surface area (Å²) in [6, 6.07) is 2.03. The van der Waals surface area contributed by atoms with Crippen molar-refractivity contribution < 1.29 is 28.2 Å². The highest BCUT2D eigenvalue weighted by molar-refractivity contribution is 6.30. The highest BCUT2D eigenvalue weighted by Crippen LogP contribution is 2.29. The van der Waals surface area contributed by atoms with Gasteiger partial charge in [0.25, 0.3) is 11.8 Å². The topological polar surface area (TPSA) is 101 Å². The van der Waals surface area contributed by atoms with Crippen molar-refractivity contribution in [1.82, 2.24) is 14.8 Å². The minimum Gasteiger partial charge on any atom is -0.503 e. The zero-order chi connectivity index (χ0) is 29.0. The fourth-order valence-corrected chi connectivity index (χ4v) is 4.16. The summed E-state index contributed by atoms with van der Waals surface area (Å²) in [7, 11) is 1.68. The zero-order valence-electron chi connectivity index (χ0n) is 22.0. The van der Waals surface area contributed by atoms with Gasteiger partial charge in [0.05, 0.1) is 0 Å². The van der Waals surface area contributed by atoms with Crippen LogP contribution in [0.3, 0.4) is 0 Å². The van der Waals surface area contributed by atoms with E-state index in [4.69, 9.17) is 11.6 Å². The van der Waals surface area contributed by atoms with Gasteiger partial charge < -0.3 is 24.6 Å². The van der Waals surface area contributed by atoms with E-state index in [-0.39, 0.29) is 29.4 Å². The number of rotatable bonds is 4. The molecule has 3 heterocycles. The van der Waals surface area contributed by atoms with E-state index in [1.807, 2.05) is 20.8 Å². The van der Waals surface area contributed by atoms with Crippen molar-refractivity contribution in [3.8, 4) is 18.6 Å². The molecule has 1 aromatic heterocycles. The molecule has 2 aromatic rings. The lowest BCUT2D eigenvalue weighted by Crippen LogP contribution is -2.51. The number of aromatic hydroxyl groups is 1. The Hall–Kier alpha value is -3.42. The van der Waals surface area contributed by atoms with Crippen LogP contribution in [-0.2, 0) is 17.8 Å². The predicted molar refractivity (Wildman–Crippen MR) is 142 cm³/mol. The number of terminal acetylenes is 1. The van der Waals surface area contributed by atoms with Crippen molar-refractivity contribution in [3.63, 3.8) is 0 Å². The molecule has 38 heavy (non-hydrogen) atoms. The number of carbonyl (C=O) groups excluding carboxylic acids is 2. The molecule has 0 unspecified atom stereocenters. The molecule has 1 aromatic carbocycles. The van der Waals surface area contributed by atoms with E-state index in [2.05, 4.69) is 22.9 Å². The van der Waals surface area contributed by atoms with E-state index in [0.717, 1.165) is 38.0 Å². The number of nitrogens with zero attached hydrogens (tertiary/aromatic N) is 2. The molecule has 0 aliphatic carbocycles. The molecular formula is C27H34ClF2N3O5. The third-order valence-corrected chi connectivity index (χ3v) is 6.19. The first-order valence-corrected chi connectivity index (χ1v) is 12.6. The molecule has 2 aliphatic heterocycles. The van der Waals surface area contributed by atoms with Crippen LogP contribution in [0.15, 0.2) is 23.1 Å². The average Bonchev–Trinajstić information content (AvgIpc) is 2.95. The molecule has 0 spiro atoms. The number of amides is 2. The van der Waals surface area contributed by atoms with E-state index in [9.17, 15) is 28.3 Å². The average molecular weight is 554 g/mol. The highest BCUT2D eigenvalue weighted by Gasteiger charge is 2.37.